The van der Waals surface area contributed by atoms with Gasteiger partial charge in [0, 0.05) is 19.6 Å². The van der Waals surface area contributed by atoms with Crippen molar-refractivity contribution in [1.29, 1.82) is 0 Å². The zero-order valence-electron chi connectivity index (χ0n) is 14.4. The summed E-state index contributed by atoms with van der Waals surface area (Å²) in [6.45, 7) is 5.91. The molecule has 2 N–H and O–H groups in total. The van der Waals surface area contributed by atoms with E-state index in [9.17, 15) is 4.79 Å². The van der Waals surface area contributed by atoms with Crippen molar-refractivity contribution in [2.24, 2.45) is 0 Å². The lowest BCUT2D eigenvalue weighted by Gasteiger charge is -2.30. The molecule has 1 aliphatic heterocycles. The molecule has 1 amide bonds. The molecule has 132 valence electrons. The highest BCUT2D eigenvalue weighted by Crippen LogP contribution is 2.26. The van der Waals surface area contributed by atoms with Crippen LogP contribution >= 0.6 is 0 Å². The third-order valence-electron chi connectivity index (χ3n) is 3.96. The van der Waals surface area contributed by atoms with Crippen LogP contribution in [0, 0.1) is 0 Å². The lowest BCUT2D eigenvalue weighted by molar-refractivity contribution is 0.102. The van der Waals surface area contributed by atoms with Crippen molar-refractivity contribution in [1.82, 2.24) is 10.2 Å². The molecule has 7 heteroatoms. The SMILES string of the molecule is CCCNc1ccc(C(=O)Nc2ccccc2N2CCOCC2)nn1. The molecule has 1 aliphatic rings. The molecule has 1 saturated heterocycles. The van der Waals surface area contributed by atoms with Crippen molar-refractivity contribution in [3.05, 3.63) is 42.1 Å². The molecule has 2 aromatic rings. The van der Waals surface area contributed by atoms with Crippen LogP contribution in [0.2, 0.25) is 0 Å². The number of hydrogen-bond acceptors (Lipinski definition) is 6. The molecule has 1 fully saturated rings. The van der Waals surface area contributed by atoms with E-state index in [1.807, 2.05) is 24.3 Å². The van der Waals surface area contributed by atoms with Gasteiger partial charge < -0.3 is 20.3 Å². The van der Waals surface area contributed by atoms with Crippen LogP contribution < -0.4 is 15.5 Å². The molecule has 0 radical (unpaired) electrons. The molecule has 3 rings (SSSR count). The number of hydrogen-bond donors (Lipinski definition) is 2. The lowest BCUT2D eigenvalue weighted by atomic mass is 10.2. The molecule has 0 bridgehead atoms. The van der Waals surface area contributed by atoms with Crippen LogP contribution in [-0.4, -0.2) is 49.0 Å². The van der Waals surface area contributed by atoms with Crippen LogP contribution in [-0.2, 0) is 4.74 Å². The van der Waals surface area contributed by atoms with E-state index in [4.69, 9.17) is 4.74 Å². The summed E-state index contributed by atoms with van der Waals surface area (Å²) in [5, 5.41) is 14.1. The van der Waals surface area contributed by atoms with Gasteiger partial charge in [-0.1, -0.05) is 19.1 Å². The molecule has 1 aromatic heterocycles. The molecule has 0 unspecified atom stereocenters. The van der Waals surface area contributed by atoms with Crippen molar-refractivity contribution in [3.8, 4) is 0 Å². The topological polar surface area (TPSA) is 79.4 Å². The Hall–Kier alpha value is -2.67. The maximum absolute atomic E-state index is 12.5. The summed E-state index contributed by atoms with van der Waals surface area (Å²) >= 11 is 0. The Morgan fingerprint density at radius 2 is 1.96 bits per heavy atom. The number of morpholine rings is 1. The van der Waals surface area contributed by atoms with Gasteiger partial charge in [0.15, 0.2) is 5.69 Å². The second kappa shape index (κ2) is 8.43. The van der Waals surface area contributed by atoms with Crippen LogP contribution in [0.1, 0.15) is 23.8 Å². The molecular formula is C18H23N5O2. The van der Waals surface area contributed by atoms with Crippen molar-refractivity contribution in [2.45, 2.75) is 13.3 Å². The van der Waals surface area contributed by atoms with Crippen LogP contribution in [0.15, 0.2) is 36.4 Å². The summed E-state index contributed by atoms with van der Waals surface area (Å²) in [5.74, 6) is 0.405. The highest BCUT2D eigenvalue weighted by Gasteiger charge is 2.17. The monoisotopic (exact) mass is 341 g/mol. The van der Waals surface area contributed by atoms with Gasteiger partial charge in [0.05, 0.1) is 24.6 Å². The molecular weight excluding hydrogens is 318 g/mol. The van der Waals surface area contributed by atoms with Gasteiger partial charge in [0.2, 0.25) is 0 Å². The number of nitrogens with one attached hydrogen (secondary N) is 2. The number of amides is 1. The third-order valence-corrected chi connectivity index (χ3v) is 3.96. The number of aromatic nitrogens is 2. The van der Waals surface area contributed by atoms with Crippen LogP contribution in [0.25, 0.3) is 0 Å². The first-order valence-electron chi connectivity index (χ1n) is 8.58. The van der Waals surface area contributed by atoms with E-state index in [0.717, 1.165) is 37.4 Å². The maximum atomic E-state index is 12.5. The van der Waals surface area contributed by atoms with Gasteiger partial charge in [-0.2, -0.15) is 0 Å². The summed E-state index contributed by atoms with van der Waals surface area (Å²) in [6, 6.07) is 11.2. The zero-order chi connectivity index (χ0) is 17.5. The minimum atomic E-state index is -0.268. The minimum Gasteiger partial charge on any atom is -0.378 e. The lowest BCUT2D eigenvalue weighted by Crippen LogP contribution is -2.36. The Balaban J connectivity index is 1.70. The fraction of sp³-hybridized carbons (Fsp3) is 0.389. The van der Waals surface area contributed by atoms with Gasteiger partial charge in [-0.05, 0) is 30.7 Å². The number of carbonyl (C=O) groups is 1. The molecule has 7 nitrogen and oxygen atoms in total. The van der Waals surface area contributed by atoms with E-state index < -0.39 is 0 Å². The first kappa shape index (κ1) is 17.2. The molecule has 25 heavy (non-hydrogen) atoms. The van der Waals surface area contributed by atoms with Crippen molar-refractivity contribution < 1.29 is 9.53 Å². The molecule has 2 heterocycles. The van der Waals surface area contributed by atoms with Crippen molar-refractivity contribution >= 4 is 23.1 Å². The molecule has 1 aromatic carbocycles. The zero-order valence-corrected chi connectivity index (χ0v) is 14.4. The van der Waals surface area contributed by atoms with Crippen LogP contribution in [0.3, 0.4) is 0 Å². The van der Waals surface area contributed by atoms with Gasteiger partial charge in [-0.15, -0.1) is 10.2 Å². The predicted octanol–water partition coefficient (Wildman–Crippen LogP) is 2.39. The molecule has 0 aliphatic carbocycles. The average Bonchev–Trinajstić information content (AvgIpc) is 2.68. The summed E-state index contributed by atoms with van der Waals surface area (Å²) in [6.07, 6.45) is 1.00. The summed E-state index contributed by atoms with van der Waals surface area (Å²) in [4.78, 5) is 14.7. The fourth-order valence-electron chi connectivity index (χ4n) is 2.65. The number of nitrogens with zero attached hydrogens (tertiary/aromatic N) is 3. The van der Waals surface area contributed by atoms with E-state index in [2.05, 4.69) is 32.7 Å². The van der Waals surface area contributed by atoms with E-state index in [1.54, 1.807) is 12.1 Å². The predicted molar refractivity (Wildman–Crippen MR) is 98.2 cm³/mol. The van der Waals surface area contributed by atoms with Gasteiger partial charge in [-0.25, -0.2) is 0 Å². The Labute approximate surface area is 147 Å². The number of carbonyl (C=O) groups excluding carboxylic acids is 1. The summed E-state index contributed by atoms with van der Waals surface area (Å²) < 4.78 is 5.40. The van der Waals surface area contributed by atoms with Crippen molar-refractivity contribution in [2.75, 3.05) is 48.4 Å². The minimum absolute atomic E-state index is 0.268. The number of benzene rings is 1. The molecule has 0 atom stereocenters. The summed E-state index contributed by atoms with van der Waals surface area (Å²) in [5.41, 5.74) is 2.05. The quantitative estimate of drug-likeness (QED) is 0.840. The highest BCUT2D eigenvalue weighted by molar-refractivity contribution is 6.04. The Morgan fingerprint density at radius 1 is 1.16 bits per heavy atom. The second-order valence-electron chi connectivity index (χ2n) is 5.80. The number of ether oxygens (including phenoxy) is 1. The number of anilines is 3. The van der Waals surface area contributed by atoms with Gasteiger partial charge in [0.1, 0.15) is 5.82 Å². The maximum Gasteiger partial charge on any atom is 0.276 e. The largest absolute Gasteiger partial charge is 0.378 e. The van der Waals surface area contributed by atoms with Gasteiger partial charge in [-0.3, -0.25) is 4.79 Å². The van der Waals surface area contributed by atoms with Crippen LogP contribution in [0.4, 0.5) is 17.2 Å². The Bertz CT molecular complexity index is 699. The molecule has 0 spiro atoms. The fourth-order valence-corrected chi connectivity index (χ4v) is 2.65. The highest BCUT2D eigenvalue weighted by atomic mass is 16.5. The summed E-state index contributed by atoms with van der Waals surface area (Å²) in [7, 11) is 0. The first-order chi connectivity index (χ1) is 12.3. The standard InChI is InChI=1S/C18H23N5O2/c1-2-9-19-17-8-7-15(21-22-17)18(24)20-14-5-3-4-6-16(14)23-10-12-25-13-11-23/h3-8H,2,9-13H2,1H3,(H,19,22)(H,20,24). The number of rotatable bonds is 6. The second-order valence-corrected chi connectivity index (χ2v) is 5.80. The van der Waals surface area contributed by atoms with Crippen LogP contribution in [0.5, 0.6) is 0 Å². The Kier molecular flexibility index (Phi) is 5.79. The first-order valence-corrected chi connectivity index (χ1v) is 8.58. The molecule has 0 saturated carbocycles. The van der Waals surface area contributed by atoms with Gasteiger partial charge >= 0.3 is 0 Å². The van der Waals surface area contributed by atoms with E-state index >= 15 is 0 Å². The van der Waals surface area contributed by atoms with E-state index in [1.165, 1.54) is 0 Å². The normalized spacial score (nSPS) is 14.2. The Morgan fingerprint density at radius 3 is 2.68 bits per heavy atom. The smallest absolute Gasteiger partial charge is 0.276 e. The number of para-hydroxylation sites is 2. The van der Waals surface area contributed by atoms with E-state index in [0.29, 0.717) is 24.7 Å². The average molecular weight is 341 g/mol. The van der Waals surface area contributed by atoms with Crippen molar-refractivity contribution in [3.63, 3.8) is 0 Å². The van der Waals surface area contributed by atoms with E-state index in [-0.39, 0.29) is 5.91 Å². The third kappa shape index (κ3) is 4.45. The van der Waals surface area contributed by atoms with Gasteiger partial charge in [0.25, 0.3) is 5.91 Å².